The molecule has 3 aliphatic rings. The van der Waals surface area contributed by atoms with Crippen molar-refractivity contribution in [2.24, 2.45) is 5.92 Å². The van der Waals surface area contributed by atoms with Crippen molar-refractivity contribution >= 4 is 11.6 Å². The minimum absolute atomic E-state index is 0.101. The highest BCUT2D eigenvalue weighted by molar-refractivity contribution is 5.90. The molecule has 5 heteroatoms. The van der Waals surface area contributed by atoms with Crippen molar-refractivity contribution in [3.05, 3.63) is 53.1 Å². The average Bonchev–Trinajstić information content (AvgIpc) is 2.91. The minimum atomic E-state index is -0.256. The van der Waals surface area contributed by atoms with E-state index in [1.807, 2.05) is 24.3 Å². The Labute approximate surface area is 209 Å². The number of ether oxygens (including phenoxy) is 3. The Morgan fingerprint density at radius 2 is 1.63 bits per heavy atom. The van der Waals surface area contributed by atoms with Gasteiger partial charge < -0.3 is 19.5 Å². The molecule has 35 heavy (non-hydrogen) atoms. The van der Waals surface area contributed by atoms with Gasteiger partial charge in [-0.3, -0.25) is 4.79 Å². The second-order valence-corrected chi connectivity index (χ2v) is 10.5. The van der Waals surface area contributed by atoms with Crippen LogP contribution in [-0.2, 0) is 9.53 Å². The van der Waals surface area contributed by atoms with Crippen LogP contribution < -0.4 is 14.8 Å². The van der Waals surface area contributed by atoms with Gasteiger partial charge in [-0.05, 0) is 55.0 Å². The number of amides is 1. The fraction of sp³-hybridized carbons (Fsp3) is 0.567. The van der Waals surface area contributed by atoms with Gasteiger partial charge in [0.05, 0.1) is 20.3 Å². The van der Waals surface area contributed by atoms with Gasteiger partial charge in [-0.2, -0.15) is 0 Å². The maximum absolute atomic E-state index is 12.7. The smallest absolute Gasteiger partial charge is 0.224 e. The van der Waals surface area contributed by atoms with Crippen molar-refractivity contribution in [2.75, 3.05) is 19.5 Å². The van der Waals surface area contributed by atoms with E-state index < -0.39 is 0 Å². The Bertz CT molecular complexity index is 1030. The quantitative estimate of drug-likeness (QED) is 0.460. The van der Waals surface area contributed by atoms with E-state index in [0.717, 1.165) is 47.6 Å². The zero-order valence-electron chi connectivity index (χ0n) is 21.2. The summed E-state index contributed by atoms with van der Waals surface area (Å²) in [4.78, 5) is 12.7. The molecule has 0 saturated heterocycles. The van der Waals surface area contributed by atoms with E-state index in [9.17, 15) is 4.79 Å². The maximum Gasteiger partial charge on any atom is 0.224 e. The summed E-state index contributed by atoms with van der Waals surface area (Å²) in [6, 6.07) is 12.1. The van der Waals surface area contributed by atoms with Gasteiger partial charge in [0, 0.05) is 29.2 Å². The molecule has 1 aliphatic heterocycles. The molecule has 1 amide bonds. The molecule has 1 N–H and O–H groups in total. The lowest BCUT2D eigenvalue weighted by Crippen LogP contribution is -2.34. The Balaban J connectivity index is 1.40. The number of rotatable bonds is 7. The van der Waals surface area contributed by atoms with E-state index in [-0.39, 0.29) is 18.1 Å². The summed E-state index contributed by atoms with van der Waals surface area (Å²) in [5.74, 6) is 2.88. The molecular weight excluding hydrogens is 438 g/mol. The van der Waals surface area contributed by atoms with Crippen molar-refractivity contribution in [1.82, 2.24) is 0 Å². The van der Waals surface area contributed by atoms with Crippen LogP contribution in [0.1, 0.15) is 99.3 Å². The molecule has 0 aromatic heterocycles. The van der Waals surface area contributed by atoms with Crippen molar-refractivity contribution < 1.29 is 19.0 Å². The average molecular weight is 478 g/mol. The first-order valence-corrected chi connectivity index (χ1v) is 13.5. The molecule has 0 bridgehead atoms. The summed E-state index contributed by atoms with van der Waals surface area (Å²) >= 11 is 0. The monoisotopic (exact) mass is 477 g/mol. The molecule has 5 rings (SSSR count). The number of hydrogen-bond donors (Lipinski definition) is 1. The van der Waals surface area contributed by atoms with Crippen LogP contribution in [0.15, 0.2) is 36.4 Å². The summed E-state index contributed by atoms with van der Waals surface area (Å²) in [7, 11) is 3.46. The van der Waals surface area contributed by atoms with Gasteiger partial charge in [-0.1, -0.05) is 57.1 Å². The fourth-order valence-electron chi connectivity index (χ4n) is 6.50. The maximum atomic E-state index is 12.7. The summed E-state index contributed by atoms with van der Waals surface area (Å²) in [6.45, 7) is 0. The third-order valence-corrected chi connectivity index (χ3v) is 8.27. The summed E-state index contributed by atoms with van der Waals surface area (Å²) in [5.41, 5.74) is 4.16. The van der Waals surface area contributed by atoms with Gasteiger partial charge in [0.25, 0.3) is 0 Å². The fourth-order valence-corrected chi connectivity index (χ4v) is 6.50. The molecule has 0 unspecified atom stereocenters. The molecule has 2 aromatic rings. The molecule has 0 radical (unpaired) electrons. The third-order valence-electron chi connectivity index (χ3n) is 8.27. The summed E-state index contributed by atoms with van der Waals surface area (Å²) in [6.07, 6.45) is 12.6. The van der Waals surface area contributed by atoms with Crippen LogP contribution in [0.3, 0.4) is 0 Å². The molecular formula is C30H39NO4. The third kappa shape index (κ3) is 5.20. The normalized spacial score (nSPS) is 24.2. The Morgan fingerprint density at radius 3 is 2.40 bits per heavy atom. The molecule has 1 heterocycles. The zero-order valence-corrected chi connectivity index (χ0v) is 21.2. The standard InChI is InChI=1S/C30H39NO4/c1-33-25-16-17-26(34-2)29-28(25)23-13-6-7-14-24(23)35-30(29)21-11-8-12-22(19-21)31-27(32)18-15-20-9-4-3-5-10-20/h8,11-12,16-17,19-20,23-24,30H,3-7,9-10,13-15,18H2,1-2H3,(H,31,32)/t23-,24+,30-/m1/s1. The highest BCUT2D eigenvalue weighted by Gasteiger charge is 2.41. The van der Waals surface area contributed by atoms with Crippen LogP contribution >= 0.6 is 0 Å². The molecule has 0 spiro atoms. The zero-order chi connectivity index (χ0) is 24.2. The predicted octanol–water partition coefficient (Wildman–Crippen LogP) is 7.15. The molecule has 5 nitrogen and oxygen atoms in total. The van der Waals surface area contributed by atoms with Gasteiger partial charge in [0.1, 0.15) is 17.6 Å². The van der Waals surface area contributed by atoms with Gasteiger partial charge in [0.15, 0.2) is 0 Å². The van der Waals surface area contributed by atoms with Gasteiger partial charge in [0.2, 0.25) is 5.91 Å². The molecule has 2 aliphatic carbocycles. The van der Waals surface area contributed by atoms with Gasteiger partial charge in [-0.15, -0.1) is 0 Å². The van der Waals surface area contributed by atoms with Crippen LogP contribution in [0.25, 0.3) is 0 Å². The van der Waals surface area contributed by atoms with Crippen LogP contribution in [0.2, 0.25) is 0 Å². The Hall–Kier alpha value is -2.53. The van der Waals surface area contributed by atoms with Crippen molar-refractivity contribution in [2.45, 2.75) is 88.8 Å². The van der Waals surface area contributed by atoms with Crippen LogP contribution in [-0.4, -0.2) is 26.2 Å². The van der Waals surface area contributed by atoms with Crippen molar-refractivity contribution in [3.63, 3.8) is 0 Å². The molecule has 188 valence electrons. The number of benzene rings is 2. The van der Waals surface area contributed by atoms with E-state index in [2.05, 4.69) is 17.4 Å². The lowest BCUT2D eigenvalue weighted by Gasteiger charge is -2.42. The molecule has 2 fully saturated rings. The van der Waals surface area contributed by atoms with E-state index >= 15 is 0 Å². The van der Waals surface area contributed by atoms with Crippen molar-refractivity contribution in [3.8, 4) is 11.5 Å². The van der Waals surface area contributed by atoms with Crippen molar-refractivity contribution in [1.29, 1.82) is 0 Å². The highest BCUT2D eigenvalue weighted by atomic mass is 16.5. The van der Waals surface area contributed by atoms with Crippen LogP contribution in [0.5, 0.6) is 11.5 Å². The second-order valence-electron chi connectivity index (χ2n) is 10.5. The summed E-state index contributed by atoms with van der Waals surface area (Å²) in [5, 5.41) is 3.14. The van der Waals surface area contributed by atoms with Crippen LogP contribution in [0.4, 0.5) is 5.69 Å². The highest BCUT2D eigenvalue weighted by Crippen LogP contribution is 2.53. The van der Waals surface area contributed by atoms with Gasteiger partial charge in [-0.25, -0.2) is 0 Å². The lowest BCUT2D eigenvalue weighted by atomic mass is 9.75. The Morgan fingerprint density at radius 1 is 0.914 bits per heavy atom. The molecule has 2 saturated carbocycles. The van der Waals surface area contributed by atoms with E-state index in [1.54, 1.807) is 14.2 Å². The molecule has 3 atom stereocenters. The second kappa shape index (κ2) is 11.0. The minimum Gasteiger partial charge on any atom is -0.496 e. The van der Waals surface area contributed by atoms with E-state index in [4.69, 9.17) is 14.2 Å². The number of nitrogens with one attached hydrogen (secondary N) is 1. The van der Waals surface area contributed by atoms with E-state index in [1.165, 1.54) is 50.5 Å². The Kier molecular flexibility index (Phi) is 7.62. The lowest BCUT2D eigenvalue weighted by molar-refractivity contribution is -0.116. The van der Waals surface area contributed by atoms with Gasteiger partial charge >= 0.3 is 0 Å². The number of fused-ring (bicyclic) bond motifs is 3. The topological polar surface area (TPSA) is 56.8 Å². The van der Waals surface area contributed by atoms with E-state index in [0.29, 0.717) is 18.3 Å². The number of hydrogen-bond acceptors (Lipinski definition) is 4. The number of methoxy groups -OCH3 is 2. The first-order valence-electron chi connectivity index (χ1n) is 13.5. The summed E-state index contributed by atoms with van der Waals surface area (Å²) < 4.78 is 18.4. The first kappa shape index (κ1) is 24.2. The largest absolute Gasteiger partial charge is 0.496 e. The first-order chi connectivity index (χ1) is 17.2. The SMILES string of the molecule is COc1ccc(OC)c2c1[C@@H](c1cccc(NC(=O)CCC3CCCCC3)c1)O[C@H]1CCCC[C@@H]21. The number of carbonyl (C=O) groups is 1. The van der Waals surface area contributed by atoms with Crippen LogP contribution in [0, 0.1) is 5.92 Å². The predicted molar refractivity (Wildman–Crippen MR) is 138 cm³/mol. The number of anilines is 1. The number of carbonyl (C=O) groups excluding carboxylic acids is 1. The molecule has 2 aromatic carbocycles.